The summed E-state index contributed by atoms with van der Waals surface area (Å²) in [6.07, 6.45) is 8.58. The summed E-state index contributed by atoms with van der Waals surface area (Å²) in [6, 6.07) is 9.54. The lowest BCUT2D eigenvalue weighted by atomic mass is 9.89. The molecule has 1 N–H and O–H groups in total. The van der Waals surface area contributed by atoms with Crippen molar-refractivity contribution < 1.29 is 19.0 Å². The van der Waals surface area contributed by atoms with E-state index in [1.54, 1.807) is 18.4 Å². The molecule has 3 aromatic rings. The number of hydrogen-bond donors (Lipinski definition) is 1. The summed E-state index contributed by atoms with van der Waals surface area (Å²) in [6.45, 7) is 4.71. The van der Waals surface area contributed by atoms with Crippen LogP contribution in [0.15, 0.2) is 35.7 Å². The van der Waals surface area contributed by atoms with Crippen LogP contribution >= 0.6 is 11.3 Å². The second kappa shape index (κ2) is 12.1. The van der Waals surface area contributed by atoms with Crippen LogP contribution < -0.4 is 14.8 Å². The molecule has 1 atom stereocenters. The number of thiazole rings is 1. The Kier molecular flexibility index (Phi) is 8.46. The van der Waals surface area contributed by atoms with Gasteiger partial charge in [-0.25, -0.2) is 4.98 Å². The molecular weight excluding hydrogens is 486 g/mol. The van der Waals surface area contributed by atoms with Crippen LogP contribution in [0.1, 0.15) is 66.0 Å². The highest BCUT2D eigenvalue weighted by Crippen LogP contribution is 2.30. The molecule has 1 unspecified atom stereocenters. The standard InChI is InChI=1S/C29H37N3O4S/c1-20-25(29(33)30-16-21-7-4-3-5-8-21)15-27(32(20)17-24-9-6-14-35-24)26-19-37-28(31-26)18-36-23-12-10-22(34-2)11-13-23/h10-13,15,19,21,24H,3-9,14,16-18H2,1-2H3,(H,30,33). The first kappa shape index (κ1) is 25.8. The number of aromatic nitrogens is 2. The van der Waals surface area contributed by atoms with E-state index in [-0.39, 0.29) is 12.0 Å². The number of ether oxygens (including phenoxy) is 3. The predicted octanol–water partition coefficient (Wildman–Crippen LogP) is 6.00. The van der Waals surface area contributed by atoms with Crippen molar-refractivity contribution in [3.05, 3.63) is 52.0 Å². The quantitative estimate of drug-likeness (QED) is 0.353. The Morgan fingerprint density at radius 1 is 1.14 bits per heavy atom. The molecule has 0 radical (unpaired) electrons. The van der Waals surface area contributed by atoms with Crippen molar-refractivity contribution >= 4 is 17.2 Å². The van der Waals surface area contributed by atoms with Crippen molar-refractivity contribution in [1.82, 2.24) is 14.9 Å². The van der Waals surface area contributed by atoms with Crippen molar-refractivity contribution in [2.75, 3.05) is 20.3 Å². The van der Waals surface area contributed by atoms with Crippen LogP contribution in [0.5, 0.6) is 11.5 Å². The third kappa shape index (κ3) is 6.36. The average Bonchev–Trinajstić information content (AvgIpc) is 3.69. The number of benzene rings is 1. The van der Waals surface area contributed by atoms with E-state index in [9.17, 15) is 4.79 Å². The molecule has 1 amide bonds. The highest BCUT2D eigenvalue weighted by Gasteiger charge is 2.25. The number of nitrogens with one attached hydrogen (secondary N) is 1. The predicted molar refractivity (Wildman–Crippen MR) is 145 cm³/mol. The Bertz CT molecular complexity index is 1170. The van der Waals surface area contributed by atoms with Crippen molar-refractivity contribution in [1.29, 1.82) is 0 Å². The maximum Gasteiger partial charge on any atom is 0.253 e. The molecule has 5 rings (SSSR count). The molecular formula is C29H37N3O4S. The topological polar surface area (TPSA) is 74.6 Å². The van der Waals surface area contributed by atoms with Crippen molar-refractivity contribution in [2.45, 2.75) is 71.1 Å². The van der Waals surface area contributed by atoms with Gasteiger partial charge in [0.1, 0.15) is 23.1 Å². The summed E-state index contributed by atoms with van der Waals surface area (Å²) in [5.41, 5.74) is 3.53. The fourth-order valence-electron chi connectivity index (χ4n) is 5.35. The van der Waals surface area contributed by atoms with Gasteiger partial charge in [-0.3, -0.25) is 4.79 Å². The van der Waals surface area contributed by atoms with Crippen LogP contribution in [0.4, 0.5) is 0 Å². The molecule has 1 aliphatic carbocycles. The summed E-state index contributed by atoms with van der Waals surface area (Å²) in [7, 11) is 1.65. The highest BCUT2D eigenvalue weighted by atomic mass is 32.1. The third-order valence-corrected chi connectivity index (χ3v) is 8.36. The fraction of sp³-hybridized carbons (Fsp3) is 0.517. The van der Waals surface area contributed by atoms with Gasteiger partial charge in [0.15, 0.2) is 0 Å². The molecule has 7 nitrogen and oxygen atoms in total. The van der Waals surface area contributed by atoms with E-state index in [0.29, 0.717) is 12.5 Å². The SMILES string of the molecule is COc1ccc(OCc2nc(-c3cc(C(=O)NCC4CCCCC4)c(C)n3CC3CCCO3)cs2)cc1. The van der Waals surface area contributed by atoms with Crippen LogP contribution in [-0.4, -0.2) is 41.8 Å². The van der Waals surface area contributed by atoms with Gasteiger partial charge in [0, 0.05) is 30.8 Å². The largest absolute Gasteiger partial charge is 0.497 e. The minimum atomic E-state index is 0.00806. The van der Waals surface area contributed by atoms with Gasteiger partial charge in [-0.2, -0.15) is 0 Å². The molecule has 198 valence electrons. The lowest BCUT2D eigenvalue weighted by Gasteiger charge is -2.21. The van der Waals surface area contributed by atoms with Crippen LogP contribution in [0.25, 0.3) is 11.4 Å². The second-order valence-electron chi connectivity index (χ2n) is 10.1. The Morgan fingerprint density at radius 3 is 2.65 bits per heavy atom. The molecule has 1 aromatic carbocycles. The minimum absolute atomic E-state index is 0.00806. The van der Waals surface area contributed by atoms with Gasteiger partial charge in [0.25, 0.3) is 5.91 Å². The lowest BCUT2D eigenvalue weighted by Crippen LogP contribution is -2.30. The summed E-state index contributed by atoms with van der Waals surface area (Å²) in [5.74, 6) is 2.17. The molecule has 2 aromatic heterocycles. The first-order valence-corrected chi connectivity index (χ1v) is 14.3. The smallest absolute Gasteiger partial charge is 0.253 e. The summed E-state index contributed by atoms with van der Waals surface area (Å²) >= 11 is 1.57. The Morgan fingerprint density at radius 2 is 1.92 bits per heavy atom. The minimum Gasteiger partial charge on any atom is -0.497 e. The van der Waals surface area contributed by atoms with Crippen LogP contribution in [0.2, 0.25) is 0 Å². The summed E-state index contributed by atoms with van der Waals surface area (Å²) < 4.78 is 19.3. The van der Waals surface area contributed by atoms with Crippen LogP contribution in [0, 0.1) is 12.8 Å². The molecule has 0 bridgehead atoms. The van der Waals surface area contributed by atoms with Crippen molar-refractivity contribution in [3.63, 3.8) is 0 Å². The van der Waals surface area contributed by atoms with Crippen LogP contribution in [-0.2, 0) is 17.9 Å². The van der Waals surface area contributed by atoms with Gasteiger partial charge < -0.3 is 24.1 Å². The highest BCUT2D eigenvalue weighted by molar-refractivity contribution is 7.09. The van der Waals surface area contributed by atoms with Gasteiger partial charge in [0.05, 0.1) is 30.2 Å². The van der Waals surface area contributed by atoms with E-state index < -0.39 is 0 Å². The first-order valence-electron chi connectivity index (χ1n) is 13.4. The lowest BCUT2D eigenvalue weighted by molar-refractivity contribution is 0.0933. The average molecular weight is 524 g/mol. The monoisotopic (exact) mass is 523 g/mol. The molecule has 1 saturated carbocycles. The number of carbonyl (C=O) groups excluding carboxylic acids is 1. The zero-order chi connectivity index (χ0) is 25.6. The van der Waals surface area contributed by atoms with Crippen molar-refractivity contribution in [2.24, 2.45) is 5.92 Å². The number of carbonyl (C=O) groups is 1. The molecule has 2 fully saturated rings. The second-order valence-corrected chi connectivity index (χ2v) is 11.0. The molecule has 1 saturated heterocycles. The van der Waals surface area contributed by atoms with Gasteiger partial charge >= 0.3 is 0 Å². The molecule has 8 heteroatoms. The maximum atomic E-state index is 13.3. The zero-order valence-electron chi connectivity index (χ0n) is 21.8. The molecule has 0 spiro atoms. The molecule has 37 heavy (non-hydrogen) atoms. The third-order valence-electron chi connectivity index (χ3n) is 7.53. The molecule has 2 aliphatic rings. The van der Waals surface area contributed by atoms with Gasteiger partial charge in [0.2, 0.25) is 0 Å². The van der Waals surface area contributed by atoms with Crippen molar-refractivity contribution in [3.8, 4) is 22.9 Å². The fourth-order valence-corrected chi connectivity index (χ4v) is 6.05. The summed E-state index contributed by atoms with van der Waals surface area (Å²) in [4.78, 5) is 18.1. The van der Waals surface area contributed by atoms with E-state index in [0.717, 1.165) is 71.7 Å². The first-order chi connectivity index (χ1) is 18.1. The van der Waals surface area contributed by atoms with E-state index in [1.807, 2.05) is 37.3 Å². The van der Waals surface area contributed by atoms with Gasteiger partial charge in [-0.05, 0) is 68.9 Å². The van der Waals surface area contributed by atoms with Gasteiger partial charge in [-0.15, -0.1) is 11.3 Å². The summed E-state index contributed by atoms with van der Waals surface area (Å²) in [5, 5.41) is 6.16. The number of hydrogen-bond acceptors (Lipinski definition) is 6. The zero-order valence-corrected chi connectivity index (χ0v) is 22.6. The van der Waals surface area contributed by atoms with E-state index in [1.165, 1.54) is 32.1 Å². The van der Waals surface area contributed by atoms with E-state index in [4.69, 9.17) is 19.2 Å². The Labute approximate surface area is 223 Å². The number of rotatable bonds is 10. The van der Waals surface area contributed by atoms with Crippen LogP contribution in [0.3, 0.4) is 0 Å². The number of methoxy groups -OCH3 is 1. The van der Waals surface area contributed by atoms with E-state index >= 15 is 0 Å². The molecule has 3 heterocycles. The Hall–Kier alpha value is -2.84. The Balaban J connectivity index is 1.32. The molecule has 1 aliphatic heterocycles. The number of amides is 1. The maximum absolute atomic E-state index is 13.3. The van der Waals surface area contributed by atoms with Gasteiger partial charge in [-0.1, -0.05) is 19.3 Å². The normalized spacial score (nSPS) is 18.2. The van der Waals surface area contributed by atoms with E-state index in [2.05, 4.69) is 15.3 Å². The number of nitrogens with zero attached hydrogens (tertiary/aromatic N) is 2.